The highest BCUT2D eigenvalue weighted by Crippen LogP contribution is 2.32. The zero-order chi connectivity index (χ0) is 15.6. The lowest BCUT2D eigenvalue weighted by atomic mass is 10.00. The van der Waals surface area contributed by atoms with Gasteiger partial charge in [0, 0.05) is 25.1 Å². The summed E-state index contributed by atoms with van der Waals surface area (Å²) < 4.78 is 7.37. The van der Waals surface area contributed by atoms with Crippen LogP contribution in [0.3, 0.4) is 0 Å². The second-order valence-electron chi connectivity index (χ2n) is 5.83. The quantitative estimate of drug-likeness (QED) is 0.644. The van der Waals surface area contributed by atoms with Gasteiger partial charge in [0.1, 0.15) is 5.69 Å². The number of aromatic nitrogens is 2. The molecular weight excluding hydrogens is 272 g/mol. The SMILES string of the molecule is CCC1OCCC1CNc1c([N+](=O)[O-])c(C)nn1C(C)C. The minimum absolute atomic E-state index is 0.0710. The van der Waals surface area contributed by atoms with Gasteiger partial charge in [-0.1, -0.05) is 6.92 Å². The molecule has 1 fully saturated rings. The van der Waals surface area contributed by atoms with E-state index in [4.69, 9.17) is 4.74 Å². The van der Waals surface area contributed by atoms with Crippen molar-refractivity contribution in [1.29, 1.82) is 0 Å². The van der Waals surface area contributed by atoms with Gasteiger partial charge >= 0.3 is 5.69 Å². The maximum Gasteiger partial charge on any atom is 0.333 e. The molecule has 7 heteroatoms. The van der Waals surface area contributed by atoms with E-state index in [2.05, 4.69) is 17.3 Å². The predicted molar refractivity (Wildman–Crippen MR) is 80.6 cm³/mol. The normalized spacial score (nSPS) is 22.0. The number of anilines is 1. The minimum Gasteiger partial charge on any atom is -0.378 e. The van der Waals surface area contributed by atoms with E-state index in [0.29, 0.717) is 24.0 Å². The van der Waals surface area contributed by atoms with Crippen LogP contribution in [0.1, 0.15) is 45.3 Å². The molecule has 0 aliphatic carbocycles. The molecule has 1 aromatic heterocycles. The third-order valence-corrected chi connectivity index (χ3v) is 4.01. The summed E-state index contributed by atoms with van der Waals surface area (Å²) in [7, 11) is 0. The van der Waals surface area contributed by atoms with E-state index in [1.165, 1.54) is 0 Å². The van der Waals surface area contributed by atoms with Crippen molar-refractivity contribution in [3.05, 3.63) is 15.8 Å². The van der Waals surface area contributed by atoms with Crippen LogP contribution in [0.15, 0.2) is 0 Å². The summed E-state index contributed by atoms with van der Waals surface area (Å²) in [4.78, 5) is 10.9. The van der Waals surface area contributed by atoms with Gasteiger partial charge in [0.15, 0.2) is 0 Å². The Hall–Kier alpha value is -1.63. The van der Waals surface area contributed by atoms with Gasteiger partial charge in [-0.15, -0.1) is 0 Å². The number of nitrogens with one attached hydrogen (secondary N) is 1. The Morgan fingerprint density at radius 1 is 1.57 bits per heavy atom. The van der Waals surface area contributed by atoms with Crippen molar-refractivity contribution in [2.75, 3.05) is 18.5 Å². The van der Waals surface area contributed by atoms with Gasteiger partial charge in [-0.2, -0.15) is 5.10 Å². The second-order valence-corrected chi connectivity index (χ2v) is 5.83. The van der Waals surface area contributed by atoms with Crippen LogP contribution in [0.4, 0.5) is 11.5 Å². The lowest BCUT2D eigenvalue weighted by Gasteiger charge is -2.18. The average molecular weight is 296 g/mol. The molecule has 7 nitrogen and oxygen atoms in total. The standard InChI is InChI=1S/C14H24N4O3/c1-5-12-11(6-7-21-12)8-15-14-13(18(19)20)10(4)16-17(14)9(2)3/h9,11-12,15H,5-8H2,1-4H3. The molecule has 1 aliphatic rings. The second kappa shape index (κ2) is 6.43. The van der Waals surface area contributed by atoms with Gasteiger partial charge in [-0.25, -0.2) is 4.68 Å². The third-order valence-electron chi connectivity index (χ3n) is 4.01. The molecule has 0 radical (unpaired) electrons. The molecule has 0 aromatic carbocycles. The highest BCUT2D eigenvalue weighted by Gasteiger charge is 2.30. The van der Waals surface area contributed by atoms with E-state index >= 15 is 0 Å². The van der Waals surface area contributed by atoms with Gasteiger partial charge < -0.3 is 10.1 Å². The molecule has 0 saturated carbocycles. The van der Waals surface area contributed by atoms with Gasteiger partial charge in [-0.05, 0) is 33.6 Å². The first-order valence-corrected chi connectivity index (χ1v) is 7.54. The van der Waals surface area contributed by atoms with E-state index in [-0.39, 0.29) is 22.8 Å². The average Bonchev–Trinajstić information content (AvgIpc) is 2.99. The maximum absolute atomic E-state index is 11.3. The summed E-state index contributed by atoms with van der Waals surface area (Å²) in [6, 6.07) is 0.0710. The fourth-order valence-corrected chi connectivity index (χ4v) is 2.90. The minimum atomic E-state index is -0.355. The van der Waals surface area contributed by atoms with E-state index in [1.807, 2.05) is 13.8 Å². The van der Waals surface area contributed by atoms with Crippen LogP contribution < -0.4 is 5.32 Å². The van der Waals surface area contributed by atoms with Gasteiger partial charge in [-0.3, -0.25) is 10.1 Å². The monoisotopic (exact) mass is 296 g/mol. The number of hydrogen-bond donors (Lipinski definition) is 1. The number of rotatable bonds is 6. The summed E-state index contributed by atoms with van der Waals surface area (Å²) in [5.74, 6) is 0.902. The Balaban J connectivity index is 2.20. The van der Waals surface area contributed by atoms with Gasteiger partial charge in [0.25, 0.3) is 0 Å². The highest BCUT2D eigenvalue weighted by molar-refractivity contribution is 5.59. The third kappa shape index (κ3) is 3.18. The van der Waals surface area contributed by atoms with Crippen LogP contribution in [-0.4, -0.2) is 34.0 Å². The largest absolute Gasteiger partial charge is 0.378 e. The van der Waals surface area contributed by atoms with Crippen molar-refractivity contribution in [2.24, 2.45) is 5.92 Å². The molecule has 1 aromatic rings. The van der Waals surface area contributed by atoms with Crippen molar-refractivity contribution in [3.63, 3.8) is 0 Å². The van der Waals surface area contributed by atoms with Crippen LogP contribution in [0.2, 0.25) is 0 Å². The van der Waals surface area contributed by atoms with Crippen molar-refractivity contribution in [2.45, 2.75) is 52.7 Å². The Bertz CT molecular complexity index is 513. The summed E-state index contributed by atoms with van der Waals surface area (Å²) in [6.45, 7) is 9.17. The highest BCUT2D eigenvalue weighted by atomic mass is 16.6. The fraction of sp³-hybridized carbons (Fsp3) is 0.786. The summed E-state index contributed by atoms with van der Waals surface area (Å²) in [6.07, 6.45) is 2.21. The van der Waals surface area contributed by atoms with E-state index < -0.39 is 0 Å². The van der Waals surface area contributed by atoms with Crippen LogP contribution in [0.5, 0.6) is 0 Å². The molecule has 0 amide bonds. The molecule has 2 unspecified atom stereocenters. The molecule has 2 atom stereocenters. The smallest absolute Gasteiger partial charge is 0.333 e. The number of aryl methyl sites for hydroxylation is 1. The van der Waals surface area contributed by atoms with Gasteiger partial charge in [0.2, 0.25) is 5.82 Å². The molecule has 21 heavy (non-hydrogen) atoms. The molecule has 2 rings (SSSR count). The van der Waals surface area contributed by atoms with Crippen molar-refractivity contribution in [3.8, 4) is 0 Å². The van der Waals surface area contributed by atoms with Crippen LogP contribution in [0.25, 0.3) is 0 Å². The number of nitro groups is 1. The molecule has 2 heterocycles. The van der Waals surface area contributed by atoms with Crippen molar-refractivity contribution in [1.82, 2.24) is 9.78 Å². The maximum atomic E-state index is 11.3. The first kappa shape index (κ1) is 15.8. The Kier molecular flexibility index (Phi) is 4.82. The number of nitrogens with zero attached hydrogens (tertiary/aromatic N) is 3. The van der Waals surface area contributed by atoms with E-state index in [9.17, 15) is 10.1 Å². The molecule has 0 spiro atoms. The first-order chi connectivity index (χ1) is 9.95. The summed E-state index contributed by atoms with van der Waals surface area (Å²) >= 11 is 0. The van der Waals surface area contributed by atoms with Crippen LogP contribution in [0, 0.1) is 23.0 Å². The number of hydrogen-bond acceptors (Lipinski definition) is 5. The Labute approximate surface area is 124 Å². The molecule has 1 aliphatic heterocycles. The van der Waals surface area contributed by atoms with Gasteiger partial charge in [0.05, 0.1) is 11.0 Å². The number of ether oxygens (including phenoxy) is 1. The van der Waals surface area contributed by atoms with Crippen LogP contribution in [-0.2, 0) is 4.74 Å². The molecular formula is C14H24N4O3. The van der Waals surface area contributed by atoms with Crippen molar-refractivity contribution >= 4 is 11.5 Å². The fourth-order valence-electron chi connectivity index (χ4n) is 2.90. The topological polar surface area (TPSA) is 82.2 Å². The lowest BCUT2D eigenvalue weighted by Crippen LogP contribution is -2.24. The van der Waals surface area contributed by atoms with Crippen LogP contribution >= 0.6 is 0 Å². The first-order valence-electron chi connectivity index (χ1n) is 7.54. The molecule has 0 bridgehead atoms. The summed E-state index contributed by atoms with van der Waals surface area (Å²) in [5.41, 5.74) is 0.529. The predicted octanol–water partition coefficient (Wildman–Crippen LogP) is 2.91. The van der Waals surface area contributed by atoms with E-state index in [1.54, 1.807) is 11.6 Å². The zero-order valence-electron chi connectivity index (χ0n) is 13.1. The lowest BCUT2D eigenvalue weighted by molar-refractivity contribution is -0.384. The molecule has 118 valence electrons. The Morgan fingerprint density at radius 3 is 2.86 bits per heavy atom. The Morgan fingerprint density at radius 2 is 2.29 bits per heavy atom. The molecule has 1 saturated heterocycles. The van der Waals surface area contributed by atoms with E-state index in [0.717, 1.165) is 19.4 Å². The van der Waals surface area contributed by atoms with Crippen molar-refractivity contribution < 1.29 is 9.66 Å². The molecule has 1 N–H and O–H groups in total. The zero-order valence-corrected chi connectivity index (χ0v) is 13.1. The summed E-state index contributed by atoms with van der Waals surface area (Å²) in [5, 5.41) is 18.8.